The lowest BCUT2D eigenvalue weighted by Crippen LogP contribution is -2.27. The molecule has 0 unspecified atom stereocenters. The second kappa shape index (κ2) is 9.60. The van der Waals surface area contributed by atoms with Gasteiger partial charge in [0.25, 0.3) is 0 Å². The largest absolute Gasteiger partial charge is 0.491 e. The zero-order valence-electron chi connectivity index (χ0n) is 16.0. The summed E-state index contributed by atoms with van der Waals surface area (Å²) >= 11 is 5.39. The molecular formula is C22H28N2O2S. The average Bonchev–Trinajstić information content (AvgIpc) is 3.15. The van der Waals surface area contributed by atoms with Crippen LogP contribution in [-0.2, 0) is 6.54 Å². The molecule has 1 aliphatic rings. The van der Waals surface area contributed by atoms with Gasteiger partial charge in [0.2, 0.25) is 0 Å². The molecule has 144 valence electrons. The Morgan fingerprint density at radius 2 is 1.63 bits per heavy atom. The SMILES string of the molecule is CC(C)Oc1ccc(CNC(=S)Nc2ccc(OC3CCCC3)cc2)cc1. The van der Waals surface area contributed by atoms with Crippen LogP contribution in [0.1, 0.15) is 45.1 Å². The lowest BCUT2D eigenvalue weighted by Gasteiger charge is -2.14. The molecule has 5 heteroatoms. The van der Waals surface area contributed by atoms with Crippen LogP contribution in [0.25, 0.3) is 0 Å². The first-order valence-corrected chi connectivity index (χ1v) is 10.1. The van der Waals surface area contributed by atoms with E-state index in [9.17, 15) is 0 Å². The molecule has 27 heavy (non-hydrogen) atoms. The lowest BCUT2D eigenvalue weighted by atomic mass is 10.2. The Hall–Kier alpha value is -2.27. The Labute approximate surface area is 167 Å². The molecule has 2 aromatic rings. The quantitative estimate of drug-likeness (QED) is 0.636. The van der Waals surface area contributed by atoms with E-state index in [0.717, 1.165) is 22.7 Å². The molecule has 4 nitrogen and oxygen atoms in total. The van der Waals surface area contributed by atoms with E-state index in [0.29, 0.717) is 17.8 Å². The molecule has 1 fully saturated rings. The van der Waals surface area contributed by atoms with Crippen LogP contribution >= 0.6 is 12.2 Å². The maximum Gasteiger partial charge on any atom is 0.171 e. The fourth-order valence-electron chi connectivity index (χ4n) is 3.13. The van der Waals surface area contributed by atoms with Gasteiger partial charge in [-0.1, -0.05) is 12.1 Å². The van der Waals surface area contributed by atoms with Crippen molar-refractivity contribution >= 4 is 23.0 Å². The van der Waals surface area contributed by atoms with E-state index >= 15 is 0 Å². The second-order valence-corrected chi connectivity index (χ2v) is 7.58. The van der Waals surface area contributed by atoms with Crippen molar-refractivity contribution in [3.8, 4) is 11.5 Å². The predicted molar refractivity (Wildman–Crippen MR) is 115 cm³/mol. The monoisotopic (exact) mass is 384 g/mol. The maximum absolute atomic E-state index is 5.99. The van der Waals surface area contributed by atoms with Crippen molar-refractivity contribution in [2.45, 2.75) is 58.3 Å². The van der Waals surface area contributed by atoms with Crippen LogP contribution in [0.4, 0.5) is 5.69 Å². The number of ether oxygens (including phenoxy) is 2. The Morgan fingerprint density at radius 1 is 1.00 bits per heavy atom. The molecule has 0 radical (unpaired) electrons. The van der Waals surface area contributed by atoms with Gasteiger partial charge in [0.15, 0.2) is 5.11 Å². The number of hydrogen-bond donors (Lipinski definition) is 2. The molecule has 0 heterocycles. The molecule has 1 saturated carbocycles. The normalized spacial score (nSPS) is 14.2. The first-order chi connectivity index (χ1) is 13.1. The van der Waals surface area contributed by atoms with E-state index in [-0.39, 0.29) is 6.10 Å². The van der Waals surface area contributed by atoms with Gasteiger partial charge < -0.3 is 20.1 Å². The summed E-state index contributed by atoms with van der Waals surface area (Å²) in [5.41, 5.74) is 2.10. The van der Waals surface area contributed by atoms with E-state index in [2.05, 4.69) is 10.6 Å². The number of thiocarbonyl (C=S) groups is 1. The smallest absolute Gasteiger partial charge is 0.171 e. The summed E-state index contributed by atoms with van der Waals surface area (Å²) < 4.78 is 11.6. The minimum Gasteiger partial charge on any atom is -0.491 e. The number of benzene rings is 2. The van der Waals surface area contributed by atoms with Gasteiger partial charge in [-0.05, 0) is 93.7 Å². The maximum atomic E-state index is 5.99. The first kappa shape index (κ1) is 19.5. The molecule has 0 amide bonds. The van der Waals surface area contributed by atoms with Gasteiger partial charge in [0, 0.05) is 12.2 Å². The summed E-state index contributed by atoms with van der Waals surface area (Å²) in [5.74, 6) is 1.81. The third-order valence-corrected chi connectivity index (χ3v) is 4.71. The highest BCUT2D eigenvalue weighted by molar-refractivity contribution is 7.80. The Bertz CT molecular complexity index is 723. The summed E-state index contributed by atoms with van der Waals surface area (Å²) in [6, 6.07) is 16.0. The predicted octanol–water partition coefficient (Wildman–Crippen LogP) is 5.28. The van der Waals surface area contributed by atoms with E-state index in [4.69, 9.17) is 21.7 Å². The van der Waals surface area contributed by atoms with Crippen molar-refractivity contribution in [2.24, 2.45) is 0 Å². The van der Waals surface area contributed by atoms with Gasteiger partial charge in [-0.3, -0.25) is 0 Å². The Morgan fingerprint density at radius 3 is 2.26 bits per heavy atom. The van der Waals surface area contributed by atoms with E-state index in [1.807, 2.05) is 62.4 Å². The molecule has 0 atom stereocenters. The van der Waals surface area contributed by atoms with E-state index in [1.54, 1.807) is 0 Å². The third kappa shape index (κ3) is 6.43. The Kier molecular flexibility index (Phi) is 6.93. The van der Waals surface area contributed by atoms with Gasteiger partial charge in [0.1, 0.15) is 11.5 Å². The van der Waals surface area contributed by atoms with Crippen molar-refractivity contribution in [3.05, 3.63) is 54.1 Å². The van der Waals surface area contributed by atoms with Gasteiger partial charge in [-0.15, -0.1) is 0 Å². The highest BCUT2D eigenvalue weighted by Crippen LogP contribution is 2.25. The minimum atomic E-state index is 0.181. The van der Waals surface area contributed by atoms with Gasteiger partial charge in [-0.2, -0.15) is 0 Å². The zero-order chi connectivity index (χ0) is 19.1. The minimum absolute atomic E-state index is 0.181. The van der Waals surface area contributed by atoms with Gasteiger partial charge >= 0.3 is 0 Å². The van der Waals surface area contributed by atoms with Crippen LogP contribution in [0.2, 0.25) is 0 Å². The van der Waals surface area contributed by atoms with Crippen LogP contribution in [-0.4, -0.2) is 17.3 Å². The number of anilines is 1. The van der Waals surface area contributed by atoms with Gasteiger partial charge in [-0.25, -0.2) is 0 Å². The third-order valence-electron chi connectivity index (χ3n) is 4.47. The molecule has 0 spiro atoms. The lowest BCUT2D eigenvalue weighted by molar-refractivity contribution is 0.210. The van der Waals surface area contributed by atoms with E-state index < -0.39 is 0 Å². The molecule has 0 aliphatic heterocycles. The highest BCUT2D eigenvalue weighted by atomic mass is 32.1. The number of rotatable bonds is 7. The number of hydrogen-bond acceptors (Lipinski definition) is 3. The number of nitrogens with one attached hydrogen (secondary N) is 2. The van der Waals surface area contributed by atoms with Crippen molar-refractivity contribution in [2.75, 3.05) is 5.32 Å². The molecule has 1 aliphatic carbocycles. The molecular weight excluding hydrogens is 356 g/mol. The second-order valence-electron chi connectivity index (χ2n) is 7.17. The van der Waals surface area contributed by atoms with Gasteiger partial charge in [0.05, 0.1) is 12.2 Å². The highest BCUT2D eigenvalue weighted by Gasteiger charge is 2.16. The first-order valence-electron chi connectivity index (χ1n) is 9.65. The van der Waals surface area contributed by atoms with Crippen LogP contribution in [0.15, 0.2) is 48.5 Å². The fourth-order valence-corrected chi connectivity index (χ4v) is 3.32. The van der Waals surface area contributed by atoms with Crippen LogP contribution < -0.4 is 20.1 Å². The average molecular weight is 385 g/mol. The van der Waals surface area contributed by atoms with Crippen LogP contribution in [0.3, 0.4) is 0 Å². The molecule has 0 saturated heterocycles. The molecule has 2 aromatic carbocycles. The fraction of sp³-hybridized carbons (Fsp3) is 0.409. The summed E-state index contributed by atoms with van der Waals surface area (Å²) in [6.07, 6.45) is 5.44. The topological polar surface area (TPSA) is 42.5 Å². The van der Waals surface area contributed by atoms with Crippen LogP contribution in [0.5, 0.6) is 11.5 Å². The molecule has 0 aromatic heterocycles. The van der Waals surface area contributed by atoms with Crippen molar-refractivity contribution < 1.29 is 9.47 Å². The zero-order valence-corrected chi connectivity index (χ0v) is 16.9. The van der Waals surface area contributed by atoms with Crippen molar-refractivity contribution in [1.29, 1.82) is 0 Å². The van der Waals surface area contributed by atoms with E-state index in [1.165, 1.54) is 25.7 Å². The van der Waals surface area contributed by atoms with Crippen molar-refractivity contribution in [3.63, 3.8) is 0 Å². The summed E-state index contributed by atoms with van der Waals surface area (Å²) in [4.78, 5) is 0. The van der Waals surface area contributed by atoms with Crippen LogP contribution in [0, 0.1) is 0 Å². The summed E-state index contributed by atoms with van der Waals surface area (Å²) in [6.45, 7) is 4.70. The Balaban J connectivity index is 1.43. The van der Waals surface area contributed by atoms with Crippen molar-refractivity contribution in [1.82, 2.24) is 5.32 Å². The standard InChI is InChI=1S/C22H28N2O2S/c1-16(2)25-20-11-7-17(8-12-20)15-23-22(27)24-18-9-13-21(14-10-18)26-19-5-3-4-6-19/h7-14,16,19H,3-6,15H2,1-2H3,(H2,23,24,27). The molecule has 3 rings (SSSR count). The molecule has 0 bridgehead atoms. The molecule has 2 N–H and O–H groups in total. The summed E-state index contributed by atoms with van der Waals surface area (Å²) in [7, 11) is 0. The summed E-state index contributed by atoms with van der Waals surface area (Å²) in [5, 5.41) is 7.04.